The van der Waals surface area contributed by atoms with E-state index in [4.69, 9.17) is 4.74 Å². The largest absolute Gasteiger partial charge is 0.379 e. The van der Waals surface area contributed by atoms with Crippen molar-refractivity contribution in [3.8, 4) is 0 Å². The molecule has 1 aliphatic heterocycles. The lowest BCUT2D eigenvalue weighted by Crippen LogP contribution is -2.47. The number of nitrogens with one attached hydrogen (secondary N) is 1. The minimum absolute atomic E-state index is 0.225. The number of amides is 1. The lowest BCUT2D eigenvalue weighted by atomic mass is 10.0. The third kappa shape index (κ3) is 4.37. The van der Waals surface area contributed by atoms with E-state index in [-0.39, 0.29) is 18.0 Å². The van der Waals surface area contributed by atoms with Gasteiger partial charge in [0, 0.05) is 32.7 Å². The fourth-order valence-corrected chi connectivity index (χ4v) is 4.17. The van der Waals surface area contributed by atoms with Crippen molar-refractivity contribution < 1.29 is 9.53 Å². The van der Waals surface area contributed by atoms with Crippen LogP contribution in [-0.4, -0.2) is 59.3 Å². The number of rotatable bonds is 7. The third-order valence-corrected chi connectivity index (χ3v) is 5.85. The van der Waals surface area contributed by atoms with Gasteiger partial charge in [-0.15, -0.1) is 0 Å². The van der Waals surface area contributed by atoms with Gasteiger partial charge in [0.25, 0.3) is 5.56 Å². The first kappa shape index (κ1) is 22.0. The highest BCUT2D eigenvalue weighted by molar-refractivity contribution is 5.87. The highest BCUT2D eigenvalue weighted by atomic mass is 16.5. The zero-order valence-electron chi connectivity index (χ0n) is 18.2. The maximum Gasteiger partial charge on any atom is 0.332 e. The molecule has 32 heavy (non-hydrogen) atoms. The van der Waals surface area contributed by atoms with E-state index in [0.717, 1.165) is 13.1 Å². The third-order valence-electron chi connectivity index (χ3n) is 5.85. The monoisotopic (exact) mass is 436 g/mol. The second kappa shape index (κ2) is 9.93. The maximum atomic E-state index is 13.5. The molecule has 2 aromatic carbocycles. The Hall–Kier alpha value is -3.23. The predicted molar refractivity (Wildman–Crippen MR) is 123 cm³/mol. The van der Waals surface area contributed by atoms with Gasteiger partial charge in [0.15, 0.2) is 0 Å². The Morgan fingerprint density at radius 3 is 2.44 bits per heavy atom. The van der Waals surface area contributed by atoms with Gasteiger partial charge in [-0.25, -0.2) is 4.79 Å². The van der Waals surface area contributed by atoms with E-state index in [1.165, 1.54) is 9.13 Å². The molecule has 1 aromatic heterocycles. The molecule has 4 rings (SSSR count). The highest BCUT2D eigenvalue weighted by Gasteiger charge is 2.27. The van der Waals surface area contributed by atoms with Crippen molar-refractivity contribution in [1.29, 1.82) is 0 Å². The summed E-state index contributed by atoms with van der Waals surface area (Å²) < 4.78 is 8.00. The summed E-state index contributed by atoms with van der Waals surface area (Å²) in [4.78, 5) is 41.9. The number of carbonyl (C=O) groups is 1. The summed E-state index contributed by atoms with van der Waals surface area (Å²) in [6, 6.07) is 15.3. The van der Waals surface area contributed by atoms with Gasteiger partial charge in [0.1, 0.15) is 6.04 Å². The average Bonchev–Trinajstić information content (AvgIpc) is 2.83. The fourth-order valence-electron chi connectivity index (χ4n) is 4.17. The van der Waals surface area contributed by atoms with Crippen LogP contribution in [0, 0.1) is 0 Å². The molecule has 0 radical (unpaired) electrons. The van der Waals surface area contributed by atoms with Gasteiger partial charge in [-0.05, 0) is 24.6 Å². The molecule has 2 heterocycles. The van der Waals surface area contributed by atoms with E-state index in [2.05, 4.69) is 10.2 Å². The minimum Gasteiger partial charge on any atom is -0.379 e. The molecule has 1 atom stereocenters. The normalized spacial score (nSPS) is 15.5. The molecule has 0 spiro atoms. The highest BCUT2D eigenvalue weighted by Crippen LogP contribution is 2.21. The van der Waals surface area contributed by atoms with Crippen molar-refractivity contribution in [3.63, 3.8) is 0 Å². The van der Waals surface area contributed by atoms with Gasteiger partial charge in [-0.3, -0.25) is 23.6 Å². The lowest BCUT2D eigenvalue weighted by Gasteiger charge is -2.27. The molecule has 1 aliphatic rings. The Morgan fingerprint density at radius 2 is 1.72 bits per heavy atom. The van der Waals surface area contributed by atoms with Crippen LogP contribution in [0.2, 0.25) is 0 Å². The van der Waals surface area contributed by atoms with Crippen LogP contribution in [0.5, 0.6) is 0 Å². The number of morpholine rings is 1. The SMILES string of the molecule is CCn1c(=O)c2ccccc2n(C(C(=O)NCCN2CCOCC2)c2ccccc2)c1=O. The number of aromatic nitrogens is 2. The van der Waals surface area contributed by atoms with Gasteiger partial charge < -0.3 is 10.1 Å². The summed E-state index contributed by atoms with van der Waals surface area (Å²) in [7, 11) is 0. The van der Waals surface area contributed by atoms with Crippen LogP contribution in [0.15, 0.2) is 64.2 Å². The van der Waals surface area contributed by atoms with Gasteiger partial charge in [-0.1, -0.05) is 42.5 Å². The van der Waals surface area contributed by atoms with Crippen molar-refractivity contribution >= 4 is 16.8 Å². The topological polar surface area (TPSA) is 85.6 Å². The Labute approximate surface area is 186 Å². The lowest BCUT2D eigenvalue weighted by molar-refractivity contribution is -0.123. The van der Waals surface area contributed by atoms with Crippen molar-refractivity contribution in [2.24, 2.45) is 0 Å². The number of benzene rings is 2. The molecule has 8 nitrogen and oxygen atoms in total. The molecular weight excluding hydrogens is 408 g/mol. The Kier molecular flexibility index (Phi) is 6.82. The van der Waals surface area contributed by atoms with Gasteiger partial charge >= 0.3 is 5.69 Å². The summed E-state index contributed by atoms with van der Waals surface area (Å²) >= 11 is 0. The fraction of sp³-hybridized carbons (Fsp3) is 0.375. The van der Waals surface area contributed by atoms with Crippen LogP contribution in [0.4, 0.5) is 0 Å². The van der Waals surface area contributed by atoms with Gasteiger partial charge in [0.2, 0.25) is 5.91 Å². The van der Waals surface area contributed by atoms with E-state index in [0.29, 0.717) is 42.8 Å². The van der Waals surface area contributed by atoms with Gasteiger partial charge in [0.05, 0.1) is 24.1 Å². The summed E-state index contributed by atoms with van der Waals surface area (Å²) in [5.74, 6) is -0.280. The van der Waals surface area contributed by atoms with E-state index in [1.54, 1.807) is 31.2 Å². The molecule has 1 unspecified atom stereocenters. The Morgan fingerprint density at radius 1 is 1.03 bits per heavy atom. The Balaban J connectivity index is 1.75. The zero-order valence-corrected chi connectivity index (χ0v) is 18.2. The van der Waals surface area contributed by atoms with Crippen molar-refractivity contribution in [2.45, 2.75) is 19.5 Å². The van der Waals surface area contributed by atoms with Gasteiger partial charge in [-0.2, -0.15) is 0 Å². The van der Waals surface area contributed by atoms with E-state index in [1.807, 2.05) is 30.3 Å². The first-order valence-electron chi connectivity index (χ1n) is 11.0. The molecule has 168 valence electrons. The number of fused-ring (bicyclic) bond motifs is 1. The molecule has 0 bridgehead atoms. The van der Waals surface area contributed by atoms with Crippen LogP contribution in [0.1, 0.15) is 18.5 Å². The molecule has 1 N–H and O–H groups in total. The molecule has 1 amide bonds. The van der Waals surface area contributed by atoms with Crippen LogP contribution in [-0.2, 0) is 16.1 Å². The minimum atomic E-state index is -0.892. The number of hydrogen-bond acceptors (Lipinski definition) is 5. The number of ether oxygens (including phenoxy) is 1. The summed E-state index contributed by atoms with van der Waals surface area (Å²) in [5.41, 5.74) is 0.298. The van der Waals surface area contributed by atoms with Crippen LogP contribution in [0.25, 0.3) is 10.9 Å². The predicted octanol–water partition coefficient (Wildman–Crippen LogP) is 1.22. The second-order valence-electron chi connectivity index (χ2n) is 7.78. The second-order valence-corrected chi connectivity index (χ2v) is 7.78. The average molecular weight is 437 g/mol. The zero-order chi connectivity index (χ0) is 22.5. The molecular formula is C24H28N4O4. The van der Waals surface area contributed by atoms with E-state index >= 15 is 0 Å². The molecule has 3 aromatic rings. The molecule has 1 saturated heterocycles. The molecule has 8 heteroatoms. The molecule has 0 saturated carbocycles. The van der Waals surface area contributed by atoms with Crippen LogP contribution in [0.3, 0.4) is 0 Å². The van der Waals surface area contributed by atoms with Crippen molar-refractivity contribution in [1.82, 2.24) is 19.4 Å². The first-order valence-corrected chi connectivity index (χ1v) is 11.0. The summed E-state index contributed by atoms with van der Waals surface area (Å²) in [5, 5.41) is 3.42. The smallest absolute Gasteiger partial charge is 0.332 e. The van der Waals surface area contributed by atoms with E-state index in [9.17, 15) is 14.4 Å². The summed E-state index contributed by atoms with van der Waals surface area (Å²) in [6.45, 7) is 6.21. The van der Waals surface area contributed by atoms with Crippen LogP contribution >= 0.6 is 0 Å². The number of para-hydroxylation sites is 1. The standard InChI is InChI=1S/C24H28N4O4/c1-2-27-23(30)19-10-6-7-11-20(19)28(24(27)31)21(18-8-4-3-5-9-18)22(29)25-12-13-26-14-16-32-17-15-26/h3-11,21H,2,12-17H2,1H3,(H,25,29). The summed E-state index contributed by atoms with van der Waals surface area (Å²) in [6.07, 6.45) is 0. The van der Waals surface area contributed by atoms with E-state index < -0.39 is 11.7 Å². The quantitative estimate of drug-likeness (QED) is 0.602. The number of carbonyl (C=O) groups excluding carboxylic acids is 1. The number of nitrogens with zero attached hydrogens (tertiary/aromatic N) is 3. The van der Waals surface area contributed by atoms with Crippen LogP contribution < -0.4 is 16.6 Å². The molecule has 1 fully saturated rings. The van der Waals surface area contributed by atoms with Crippen molar-refractivity contribution in [2.75, 3.05) is 39.4 Å². The number of hydrogen-bond donors (Lipinski definition) is 1. The van der Waals surface area contributed by atoms with Crippen molar-refractivity contribution in [3.05, 3.63) is 81.0 Å². The molecule has 0 aliphatic carbocycles. The Bertz CT molecular complexity index is 1200. The maximum absolute atomic E-state index is 13.5. The first-order chi connectivity index (χ1) is 15.6.